The van der Waals surface area contributed by atoms with E-state index in [9.17, 15) is 13.2 Å². The molecule has 3 rings (SSSR count). The zero-order valence-corrected chi connectivity index (χ0v) is 17.9. The Morgan fingerprint density at radius 3 is 2.38 bits per heavy atom. The summed E-state index contributed by atoms with van der Waals surface area (Å²) in [4.78, 5) is 14.1. The number of sulfone groups is 1. The summed E-state index contributed by atoms with van der Waals surface area (Å²) >= 11 is 1.36. The number of esters is 1. The fourth-order valence-electron chi connectivity index (χ4n) is 2.87. The van der Waals surface area contributed by atoms with E-state index in [1.807, 2.05) is 37.3 Å². The van der Waals surface area contributed by atoms with Crippen molar-refractivity contribution in [2.24, 2.45) is 0 Å². The van der Waals surface area contributed by atoms with E-state index in [2.05, 4.69) is 0 Å². The monoisotopic (exact) mass is 430 g/mol. The third kappa shape index (κ3) is 5.25. The molecule has 7 heteroatoms. The van der Waals surface area contributed by atoms with Gasteiger partial charge in [-0.3, -0.25) is 0 Å². The van der Waals surface area contributed by atoms with Crippen LogP contribution in [0.3, 0.4) is 0 Å². The summed E-state index contributed by atoms with van der Waals surface area (Å²) in [5.74, 6) is 0.270. The standard InChI is InChI=1S/C22H22O5S2/c1-16-20(17-9-11-18(26-2)12-10-17)15-21(28-16)22(23)27-13-6-14-29(24,25)19-7-4-3-5-8-19/h3-5,7-12,15H,6,13-14H2,1-2H3. The summed E-state index contributed by atoms with van der Waals surface area (Å²) in [6.07, 6.45) is 0.249. The van der Waals surface area contributed by atoms with Crippen molar-refractivity contribution in [2.75, 3.05) is 19.5 Å². The molecular weight excluding hydrogens is 408 g/mol. The van der Waals surface area contributed by atoms with Crippen LogP contribution in [0.15, 0.2) is 65.6 Å². The lowest BCUT2D eigenvalue weighted by molar-refractivity contribution is 0.0511. The van der Waals surface area contributed by atoms with E-state index in [4.69, 9.17) is 9.47 Å². The molecule has 0 aliphatic heterocycles. The second-order valence-corrected chi connectivity index (χ2v) is 9.80. The van der Waals surface area contributed by atoms with Crippen molar-refractivity contribution >= 4 is 27.1 Å². The number of benzene rings is 2. The number of carbonyl (C=O) groups is 1. The number of carbonyl (C=O) groups excluding carboxylic acids is 1. The molecule has 3 aromatic rings. The van der Waals surface area contributed by atoms with Crippen molar-refractivity contribution in [1.82, 2.24) is 0 Å². The van der Waals surface area contributed by atoms with Gasteiger partial charge in [-0.25, -0.2) is 13.2 Å². The highest BCUT2D eigenvalue weighted by molar-refractivity contribution is 7.91. The van der Waals surface area contributed by atoms with Crippen molar-refractivity contribution in [3.63, 3.8) is 0 Å². The minimum Gasteiger partial charge on any atom is -0.497 e. The van der Waals surface area contributed by atoms with Crippen LogP contribution in [0, 0.1) is 6.92 Å². The smallest absolute Gasteiger partial charge is 0.348 e. The molecule has 1 heterocycles. The first-order valence-electron chi connectivity index (χ1n) is 9.10. The van der Waals surface area contributed by atoms with Crippen LogP contribution >= 0.6 is 11.3 Å². The molecule has 0 N–H and O–H groups in total. The van der Waals surface area contributed by atoms with Gasteiger partial charge in [0.05, 0.1) is 24.4 Å². The first-order valence-corrected chi connectivity index (χ1v) is 11.6. The molecule has 2 aromatic carbocycles. The van der Waals surface area contributed by atoms with Crippen molar-refractivity contribution in [3.8, 4) is 16.9 Å². The molecule has 5 nitrogen and oxygen atoms in total. The zero-order valence-electron chi connectivity index (χ0n) is 16.3. The minimum atomic E-state index is -3.37. The molecule has 0 spiro atoms. The lowest BCUT2D eigenvalue weighted by atomic mass is 10.1. The van der Waals surface area contributed by atoms with E-state index in [1.54, 1.807) is 37.4 Å². The number of methoxy groups -OCH3 is 1. The topological polar surface area (TPSA) is 69.7 Å². The van der Waals surface area contributed by atoms with E-state index in [-0.39, 0.29) is 23.7 Å². The number of rotatable bonds is 8. The molecule has 0 fully saturated rings. The Balaban J connectivity index is 1.57. The molecule has 152 valence electrons. The van der Waals surface area contributed by atoms with Gasteiger partial charge in [0.1, 0.15) is 10.6 Å². The highest BCUT2D eigenvalue weighted by Crippen LogP contribution is 2.32. The molecule has 0 atom stereocenters. The second kappa shape index (κ2) is 9.24. The fourth-order valence-corrected chi connectivity index (χ4v) is 5.11. The Morgan fingerprint density at radius 2 is 1.72 bits per heavy atom. The third-order valence-corrected chi connectivity index (χ3v) is 7.26. The van der Waals surface area contributed by atoms with Crippen molar-refractivity contribution in [1.29, 1.82) is 0 Å². The molecule has 0 saturated heterocycles. The summed E-state index contributed by atoms with van der Waals surface area (Å²) in [6.45, 7) is 2.01. The highest BCUT2D eigenvalue weighted by Gasteiger charge is 2.17. The predicted molar refractivity (Wildman–Crippen MR) is 114 cm³/mol. The van der Waals surface area contributed by atoms with Gasteiger partial charge < -0.3 is 9.47 Å². The summed E-state index contributed by atoms with van der Waals surface area (Å²) < 4.78 is 35.0. The van der Waals surface area contributed by atoms with Crippen LogP contribution in [0.2, 0.25) is 0 Å². The Kier molecular flexibility index (Phi) is 6.71. The SMILES string of the molecule is COc1ccc(-c2cc(C(=O)OCCCS(=O)(=O)c3ccccc3)sc2C)cc1. The first kappa shape index (κ1) is 21.1. The second-order valence-electron chi connectivity index (χ2n) is 6.43. The molecule has 0 bridgehead atoms. The van der Waals surface area contributed by atoms with Crippen LogP contribution in [-0.2, 0) is 14.6 Å². The Labute approximate surface area is 174 Å². The van der Waals surface area contributed by atoms with Crippen LogP contribution in [-0.4, -0.2) is 33.9 Å². The normalized spacial score (nSPS) is 11.2. The van der Waals surface area contributed by atoms with E-state index in [0.717, 1.165) is 21.8 Å². The molecule has 1 aromatic heterocycles. The summed E-state index contributed by atoms with van der Waals surface area (Å²) in [5.41, 5.74) is 1.96. The molecule has 0 aliphatic carbocycles. The molecular formula is C22H22O5S2. The zero-order chi connectivity index (χ0) is 20.9. The van der Waals surface area contributed by atoms with Crippen LogP contribution in [0.25, 0.3) is 11.1 Å². The first-order chi connectivity index (χ1) is 13.9. The number of hydrogen-bond acceptors (Lipinski definition) is 6. The van der Waals surface area contributed by atoms with Gasteiger partial charge in [-0.05, 0) is 54.8 Å². The Hall–Kier alpha value is -2.64. The van der Waals surface area contributed by atoms with Crippen LogP contribution in [0.1, 0.15) is 21.0 Å². The lowest BCUT2D eigenvalue weighted by Gasteiger charge is -2.05. The molecule has 29 heavy (non-hydrogen) atoms. The Bertz CT molecular complexity index is 1070. The molecule has 0 aliphatic rings. The Morgan fingerprint density at radius 1 is 1.03 bits per heavy atom. The van der Waals surface area contributed by atoms with Gasteiger partial charge in [-0.2, -0.15) is 0 Å². The molecule has 0 saturated carbocycles. The van der Waals surface area contributed by atoms with Gasteiger partial charge in [0, 0.05) is 4.88 Å². The van der Waals surface area contributed by atoms with Crippen LogP contribution in [0.4, 0.5) is 0 Å². The van der Waals surface area contributed by atoms with Gasteiger partial charge in [-0.15, -0.1) is 11.3 Å². The lowest BCUT2D eigenvalue weighted by Crippen LogP contribution is -2.11. The van der Waals surface area contributed by atoms with Gasteiger partial charge in [-0.1, -0.05) is 30.3 Å². The summed E-state index contributed by atoms with van der Waals surface area (Å²) in [7, 11) is -1.75. The maximum absolute atomic E-state index is 12.4. The molecule has 0 amide bonds. The quantitative estimate of drug-likeness (QED) is 0.381. The van der Waals surface area contributed by atoms with Gasteiger partial charge in [0.15, 0.2) is 9.84 Å². The average Bonchev–Trinajstić information content (AvgIpc) is 3.13. The van der Waals surface area contributed by atoms with Crippen molar-refractivity contribution in [3.05, 3.63) is 70.4 Å². The van der Waals surface area contributed by atoms with Gasteiger partial charge in [0.25, 0.3) is 0 Å². The van der Waals surface area contributed by atoms with E-state index in [1.165, 1.54) is 11.3 Å². The van der Waals surface area contributed by atoms with E-state index in [0.29, 0.717) is 4.88 Å². The molecule has 0 unspecified atom stereocenters. The maximum atomic E-state index is 12.4. The maximum Gasteiger partial charge on any atom is 0.348 e. The largest absolute Gasteiger partial charge is 0.497 e. The van der Waals surface area contributed by atoms with Crippen molar-refractivity contribution in [2.45, 2.75) is 18.2 Å². The van der Waals surface area contributed by atoms with Gasteiger partial charge >= 0.3 is 5.97 Å². The summed E-state index contributed by atoms with van der Waals surface area (Å²) in [6, 6.07) is 17.7. The molecule has 0 radical (unpaired) electrons. The summed E-state index contributed by atoms with van der Waals surface area (Å²) in [5, 5.41) is 0. The number of thiophene rings is 1. The van der Waals surface area contributed by atoms with Crippen molar-refractivity contribution < 1.29 is 22.7 Å². The van der Waals surface area contributed by atoms with Gasteiger partial charge in [0.2, 0.25) is 0 Å². The third-order valence-electron chi connectivity index (χ3n) is 4.41. The number of ether oxygens (including phenoxy) is 2. The highest BCUT2D eigenvalue weighted by atomic mass is 32.2. The minimum absolute atomic E-state index is 0.0553. The predicted octanol–water partition coefficient (Wildman–Crippen LogP) is 4.75. The average molecular weight is 431 g/mol. The van der Waals surface area contributed by atoms with Crippen LogP contribution < -0.4 is 4.74 Å². The number of aryl methyl sites for hydroxylation is 1. The van der Waals surface area contributed by atoms with E-state index < -0.39 is 15.8 Å². The van der Waals surface area contributed by atoms with Crippen LogP contribution in [0.5, 0.6) is 5.75 Å². The fraction of sp³-hybridized carbons (Fsp3) is 0.227. The van der Waals surface area contributed by atoms with E-state index >= 15 is 0 Å². The number of hydrogen-bond donors (Lipinski definition) is 0.